The zero-order chi connectivity index (χ0) is 11.7. The van der Waals surface area contributed by atoms with E-state index in [-0.39, 0.29) is 6.10 Å². The lowest BCUT2D eigenvalue weighted by Gasteiger charge is -2.29. The Morgan fingerprint density at radius 3 is 2.40 bits per heavy atom. The molecule has 4 nitrogen and oxygen atoms in total. The molecule has 0 aromatic carbocycles. The molecule has 15 heavy (non-hydrogen) atoms. The van der Waals surface area contributed by atoms with Gasteiger partial charge in [0.05, 0.1) is 0 Å². The summed E-state index contributed by atoms with van der Waals surface area (Å²) in [5, 5.41) is 0. The molecule has 4 N–H and O–H groups in total. The monoisotopic (exact) mass is 234 g/mol. The van der Waals surface area contributed by atoms with Crippen LogP contribution in [0.1, 0.15) is 26.7 Å². The molecule has 0 aliphatic carbocycles. The van der Waals surface area contributed by atoms with Crippen molar-refractivity contribution in [3.63, 3.8) is 0 Å². The number of nitrogens with two attached hydrogens (primary N) is 2. The van der Waals surface area contributed by atoms with Gasteiger partial charge in [0.2, 0.25) is 0 Å². The summed E-state index contributed by atoms with van der Waals surface area (Å²) >= 11 is 0. The Labute approximate surface area is 94.6 Å². The van der Waals surface area contributed by atoms with Gasteiger partial charge in [-0.15, -0.1) is 0 Å². The van der Waals surface area contributed by atoms with E-state index in [0.29, 0.717) is 19.7 Å². The number of hydrogen-bond donors (Lipinski definition) is 2. The van der Waals surface area contributed by atoms with Crippen molar-refractivity contribution in [1.82, 2.24) is 0 Å². The van der Waals surface area contributed by atoms with E-state index in [2.05, 4.69) is 13.5 Å². The topological polar surface area (TPSA) is 70.5 Å². The van der Waals surface area contributed by atoms with Gasteiger partial charge in [-0.3, -0.25) is 0 Å². The molecule has 0 rings (SSSR count). The maximum Gasteiger partial charge on any atom is 0.335 e. The second-order valence-electron chi connectivity index (χ2n) is 3.96. The van der Waals surface area contributed by atoms with Crippen molar-refractivity contribution in [2.24, 2.45) is 11.5 Å². The molecule has 0 fully saturated rings. The third-order valence-electron chi connectivity index (χ3n) is 2.31. The van der Waals surface area contributed by atoms with Gasteiger partial charge < -0.3 is 20.3 Å². The third kappa shape index (κ3) is 7.02. The zero-order valence-electron chi connectivity index (χ0n) is 10.3. The molecule has 0 aromatic heterocycles. The molecule has 0 bridgehead atoms. The van der Waals surface area contributed by atoms with Crippen LogP contribution in [-0.4, -0.2) is 34.4 Å². The predicted molar refractivity (Wildman–Crippen MR) is 65.9 cm³/mol. The molecule has 1 unspecified atom stereocenters. The average molecular weight is 234 g/mol. The molecule has 0 aliphatic heterocycles. The normalized spacial score (nSPS) is 17.4. The molecule has 0 saturated carbocycles. The molecule has 0 radical (unpaired) electrons. The van der Waals surface area contributed by atoms with Gasteiger partial charge in [-0.2, -0.15) is 0 Å². The van der Waals surface area contributed by atoms with Crippen molar-refractivity contribution in [2.75, 3.05) is 19.7 Å². The van der Waals surface area contributed by atoms with Gasteiger partial charge in [0.25, 0.3) is 0 Å². The summed E-state index contributed by atoms with van der Waals surface area (Å²) in [6.45, 7) is 8.24. The van der Waals surface area contributed by atoms with Crippen LogP contribution < -0.4 is 11.5 Å². The fraction of sp³-hybridized carbons (Fsp3) is 1.00. The molecule has 2 atom stereocenters. The van der Waals surface area contributed by atoms with Crippen molar-refractivity contribution in [1.29, 1.82) is 0 Å². The summed E-state index contributed by atoms with van der Waals surface area (Å²) in [7, 11) is -2.01. The lowest BCUT2D eigenvalue weighted by molar-refractivity contribution is 0.126. The minimum atomic E-state index is -2.01. The van der Waals surface area contributed by atoms with E-state index in [1.807, 2.05) is 6.92 Å². The number of rotatable bonds is 9. The third-order valence-corrected chi connectivity index (χ3v) is 5.37. The Morgan fingerprint density at radius 1 is 1.27 bits per heavy atom. The van der Waals surface area contributed by atoms with Crippen molar-refractivity contribution < 1.29 is 8.85 Å². The van der Waals surface area contributed by atoms with Crippen LogP contribution >= 0.6 is 0 Å². The first-order chi connectivity index (χ1) is 7.08. The smallest absolute Gasteiger partial charge is 0.335 e. The molecule has 0 spiro atoms. The first kappa shape index (κ1) is 15.1. The Balaban J connectivity index is 4.09. The van der Waals surface area contributed by atoms with E-state index < -0.39 is 8.56 Å². The lowest BCUT2D eigenvalue weighted by Crippen LogP contribution is -2.42. The van der Waals surface area contributed by atoms with Crippen LogP contribution in [0.2, 0.25) is 12.6 Å². The van der Waals surface area contributed by atoms with Crippen molar-refractivity contribution >= 4 is 8.56 Å². The molecule has 92 valence electrons. The van der Waals surface area contributed by atoms with Crippen LogP contribution in [0.3, 0.4) is 0 Å². The Hall–Kier alpha value is 0.0569. The maximum absolute atomic E-state index is 6.00. The standard InChI is InChI=1S/C10H26N2O2Si/c1-4-13-15(3,9-5-7-11)14-10(2)6-8-12/h10H,4-9,11-12H2,1-3H3/t10?,15-/m1/s1. The summed E-state index contributed by atoms with van der Waals surface area (Å²) in [5.74, 6) is 0. The highest BCUT2D eigenvalue weighted by Gasteiger charge is 2.32. The van der Waals surface area contributed by atoms with Gasteiger partial charge in [0.15, 0.2) is 0 Å². The molecule has 0 heterocycles. The van der Waals surface area contributed by atoms with Crippen molar-refractivity contribution in [2.45, 2.75) is 45.4 Å². The lowest BCUT2D eigenvalue weighted by atomic mass is 10.3. The van der Waals surface area contributed by atoms with E-state index >= 15 is 0 Å². The highest BCUT2D eigenvalue weighted by molar-refractivity contribution is 6.66. The second-order valence-corrected chi connectivity index (χ2v) is 7.26. The minimum Gasteiger partial charge on any atom is -0.395 e. The summed E-state index contributed by atoms with van der Waals surface area (Å²) < 4.78 is 11.8. The van der Waals surface area contributed by atoms with Gasteiger partial charge in [0, 0.05) is 12.7 Å². The van der Waals surface area contributed by atoms with Crippen LogP contribution in [0.25, 0.3) is 0 Å². The first-order valence-corrected chi connectivity index (χ1v) is 8.32. The van der Waals surface area contributed by atoms with Crippen LogP contribution in [0.5, 0.6) is 0 Å². The SMILES string of the molecule is CCO[Si@@](C)(CCCN)OC(C)CCN. The van der Waals surface area contributed by atoms with Crippen LogP contribution in [0.15, 0.2) is 0 Å². The van der Waals surface area contributed by atoms with E-state index in [4.69, 9.17) is 20.3 Å². The zero-order valence-corrected chi connectivity index (χ0v) is 11.3. The largest absolute Gasteiger partial charge is 0.395 e. The fourth-order valence-electron chi connectivity index (χ4n) is 1.61. The molecule has 0 amide bonds. The van der Waals surface area contributed by atoms with Gasteiger partial charge in [0.1, 0.15) is 0 Å². The van der Waals surface area contributed by atoms with Crippen LogP contribution in [0.4, 0.5) is 0 Å². The quantitative estimate of drug-likeness (QED) is 0.588. The summed E-state index contributed by atoms with van der Waals surface area (Å²) in [6.07, 6.45) is 2.05. The van der Waals surface area contributed by atoms with E-state index in [9.17, 15) is 0 Å². The van der Waals surface area contributed by atoms with Crippen molar-refractivity contribution in [3.05, 3.63) is 0 Å². The second kappa shape index (κ2) is 8.24. The van der Waals surface area contributed by atoms with Gasteiger partial charge >= 0.3 is 8.56 Å². The van der Waals surface area contributed by atoms with Crippen LogP contribution in [-0.2, 0) is 8.85 Å². The highest BCUT2D eigenvalue weighted by atomic mass is 28.4. The minimum absolute atomic E-state index is 0.191. The molecule has 5 heteroatoms. The summed E-state index contributed by atoms with van der Waals surface area (Å²) in [6, 6.07) is 0.965. The Morgan fingerprint density at radius 2 is 1.93 bits per heavy atom. The maximum atomic E-state index is 6.00. The van der Waals surface area contributed by atoms with Gasteiger partial charge in [-0.1, -0.05) is 0 Å². The molecular weight excluding hydrogens is 208 g/mol. The number of hydrogen-bond acceptors (Lipinski definition) is 4. The first-order valence-electron chi connectivity index (χ1n) is 5.80. The van der Waals surface area contributed by atoms with E-state index in [0.717, 1.165) is 18.9 Å². The summed E-state index contributed by atoms with van der Waals surface area (Å²) in [5.41, 5.74) is 11.0. The molecule has 0 aliphatic rings. The summed E-state index contributed by atoms with van der Waals surface area (Å²) in [4.78, 5) is 0. The average Bonchev–Trinajstić information content (AvgIpc) is 2.15. The molecule has 0 saturated heterocycles. The molecule has 0 aromatic rings. The van der Waals surface area contributed by atoms with E-state index in [1.165, 1.54) is 0 Å². The van der Waals surface area contributed by atoms with Crippen LogP contribution in [0, 0.1) is 0 Å². The molecular formula is C10H26N2O2Si. The predicted octanol–water partition coefficient (Wildman–Crippen LogP) is 1.20. The van der Waals surface area contributed by atoms with Gasteiger partial charge in [-0.25, -0.2) is 0 Å². The Bertz CT molecular complexity index is 160. The van der Waals surface area contributed by atoms with Gasteiger partial charge in [-0.05, 0) is 52.4 Å². The highest BCUT2D eigenvalue weighted by Crippen LogP contribution is 2.18. The van der Waals surface area contributed by atoms with E-state index in [1.54, 1.807) is 0 Å². The Kier molecular flexibility index (Phi) is 8.27. The fourth-order valence-corrected chi connectivity index (χ4v) is 4.37. The van der Waals surface area contributed by atoms with Crippen molar-refractivity contribution in [3.8, 4) is 0 Å².